The fourth-order valence-corrected chi connectivity index (χ4v) is 1.85. The first-order valence-electron chi connectivity index (χ1n) is 6.23. The Morgan fingerprint density at radius 2 is 1.67 bits per heavy atom. The Kier molecular flexibility index (Phi) is 4.61. The summed E-state index contributed by atoms with van der Waals surface area (Å²) in [7, 11) is 2.53. The highest BCUT2D eigenvalue weighted by Crippen LogP contribution is 2.14. The van der Waals surface area contributed by atoms with Gasteiger partial charge in [0.2, 0.25) is 0 Å². The van der Waals surface area contributed by atoms with Crippen molar-refractivity contribution in [1.29, 1.82) is 0 Å². The third kappa shape index (κ3) is 3.42. The second kappa shape index (κ2) is 6.60. The second-order valence-corrected chi connectivity index (χ2v) is 4.25. The van der Waals surface area contributed by atoms with Gasteiger partial charge in [0.25, 0.3) is 0 Å². The highest BCUT2D eigenvalue weighted by molar-refractivity contribution is 5.91. The molecule has 0 amide bonds. The van der Waals surface area contributed by atoms with Crippen LogP contribution < -0.4 is 0 Å². The van der Waals surface area contributed by atoms with E-state index in [1.165, 1.54) is 20.3 Å². The molecule has 21 heavy (non-hydrogen) atoms. The lowest BCUT2D eigenvalue weighted by atomic mass is 10.0. The molecule has 0 saturated carbocycles. The minimum absolute atomic E-state index is 0.0519. The normalized spacial score (nSPS) is 10.0. The summed E-state index contributed by atoms with van der Waals surface area (Å²) >= 11 is 0. The molecule has 0 atom stereocenters. The SMILES string of the molecule is COC(=O)c1cc(Cc2ccccc2)c(C(=O)OC)nn1. The maximum atomic E-state index is 11.7. The fraction of sp³-hybridized carbons (Fsp3) is 0.200. The number of nitrogens with zero attached hydrogens (tertiary/aromatic N) is 2. The molecule has 0 saturated heterocycles. The quantitative estimate of drug-likeness (QED) is 0.795. The molecule has 0 aliphatic rings. The van der Waals surface area contributed by atoms with Crippen LogP contribution in [0.5, 0.6) is 0 Å². The predicted octanol–water partition coefficient (Wildman–Crippen LogP) is 1.64. The van der Waals surface area contributed by atoms with Gasteiger partial charge in [-0.15, -0.1) is 10.2 Å². The van der Waals surface area contributed by atoms with Gasteiger partial charge in [-0.3, -0.25) is 0 Å². The predicted molar refractivity (Wildman–Crippen MR) is 74.0 cm³/mol. The number of aromatic nitrogens is 2. The van der Waals surface area contributed by atoms with E-state index in [2.05, 4.69) is 19.7 Å². The van der Waals surface area contributed by atoms with Gasteiger partial charge in [0.05, 0.1) is 14.2 Å². The lowest BCUT2D eigenvalue weighted by Gasteiger charge is -2.08. The van der Waals surface area contributed by atoms with Gasteiger partial charge in [0.1, 0.15) is 0 Å². The first kappa shape index (κ1) is 14.6. The Hall–Kier alpha value is -2.76. The molecule has 6 nitrogen and oxygen atoms in total. The largest absolute Gasteiger partial charge is 0.464 e. The summed E-state index contributed by atoms with van der Waals surface area (Å²) in [5.41, 5.74) is 1.68. The Balaban J connectivity index is 2.43. The molecular weight excluding hydrogens is 272 g/mol. The van der Waals surface area contributed by atoms with E-state index in [-0.39, 0.29) is 11.4 Å². The topological polar surface area (TPSA) is 78.4 Å². The number of esters is 2. The average molecular weight is 286 g/mol. The highest BCUT2D eigenvalue weighted by atomic mass is 16.5. The molecule has 0 aliphatic carbocycles. The highest BCUT2D eigenvalue weighted by Gasteiger charge is 2.18. The Morgan fingerprint density at radius 1 is 1.00 bits per heavy atom. The summed E-state index contributed by atoms with van der Waals surface area (Å²) in [5, 5.41) is 7.48. The first-order valence-corrected chi connectivity index (χ1v) is 6.23. The second-order valence-electron chi connectivity index (χ2n) is 4.25. The van der Waals surface area contributed by atoms with Gasteiger partial charge >= 0.3 is 11.9 Å². The molecule has 0 fully saturated rings. The van der Waals surface area contributed by atoms with Crippen molar-refractivity contribution in [2.45, 2.75) is 6.42 Å². The van der Waals surface area contributed by atoms with Crippen LogP contribution in [0, 0.1) is 0 Å². The van der Waals surface area contributed by atoms with Gasteiger partial charge in [-0.1, -0.05) is 30.3 Å². The Bertz CT molecular complexity index is 656. The maximum Gasteiger partial charge on any atom is 0.358 e. The zero-order chi connectivity index (χ0) is 15.2. The van der Waals surface area contributed by atoms with Crippen molar-refractivity contribution in [1.82, 2.24) is 10.2 Å². The molecule has 0 aliphatic heterocycles. The number of hydrogen-bond acceptors (Lipinski definition) is 6. The van der Waals surface area contributed by atoms with Gasteiger partial charge in [-0.05, 0) is 23.6 Å². The molecule has 108 valence electrons. The number of rotatable bonds is 4. The van der Waals surface area contributed by atoms with E-state index in [0.29, 0.717) is 12.0 Å². The van der Waals surface area contributed by atoms with Crippen LogP contribution in [0.2, 0.25) is 0 Å². The van der Waals surface area contributed by atoms with Crippen LogP contribution in [-0.4, -0.2) is 36.4 Å². The fourth-order valence-electron chi connectivity index (χ4n) is 1.85. The molecule has 6 heteroatoms. The molecule has 0 spiro atoms. The lowest BCUT2D eigenvalue weighted by Crippen LogP contribution is -2.14. The monoisotopic (exact) mass is 286 g/mol. The van der Waals surface area contributed by atoms with E-state index >= 15 is 0 Å². The van der Waals surface area contributed by atoms with Crippen molar-refractivity contribution in [3.63, 3.8) is 0 Å². The number of ether oxygens (including phenoxy) is 2. The zero-order valence-electron chi connectivity index (χ0n) is 11.7. The molecule has 0 N–H and O–H groups in total. The van der Waals surface area contributed by atoms with Crippen LogP contribution in [0.4, 0.5) is 0 Å². The van der Waals surface area contributed by atoms with E-state index < -0.39 is 11.9 Å². The van der Waals surface area contributed by atoms with Crippen LogP contribution >= 0.6 is 0 Å². The number of carbonyl (C=O) groups excluding carboxylic acids is 2. The van der Waals surface area contributed by atoms with Crippen molar-refractivity contribution in [3.05, 3.63) is 58.9 Å². The lowest BCUT2D eigenvalue weighted by molar-refractivity contribution is 0.0572. The van der Waals surface area contributed by atoms with Crippen molar-refractivity contribution in [3.8, 4) is 0 Å². The summed E-state index contributed by atoms with van der Waals surface area (Å²) in [5.74, 6) is -1.20. The average Bonchev–Trinajstić information content (AvgIpc) is 2.54. The molecule has 0 unspecified atom stereocenters. The minimum Gasteiger partial charge on any atom is -0.464 e. The van der Waals surface area contributed by atoms with Crippen LogP contribution in [0.25, 0.3) is 0 Å². The number of benzene rings is 1. The standard InChI is InChI=1S/C15H14N2O4/c1-20-14(18)12-9-11(8-10-6-4-3-5-7-10)13(17-16-12)15(19)21-2/h3-7,9H,8H2,1-2H3. The number of carbonyl (C=O) groups is 2. The van der Waals surface area contributed by atoms with Crippen molar-refractivity contribution in [2.24, 2.45) is 0 Å². The summed E-state index contributed by atoms with van der Waals surface area (Å²) in [6.45, 7) is 0. The summed E-state index contributed by atoms with van der Waals surface area (Å²) in [6, 6.07) is 11.0. The molecule has 1 aromatic heterocycles. The maximum absolute atomic E-state index is 11.7. The van der Waals surface area contributed by atoms with Crippen LogP contribution in [0.15, 0.2) is 36.4 Å². The van der Waals surface area contributed by atoms with Crippen molar-refractivity contribution >= 4 is 11.9 Å². The van der Waals surface area contributed by atoms with Gasteiger partial charge in [0, 0.05) is 0 Å². The summed E-state index contributed by atoms with van der Waals surface area (Å²) in [4.78, 5) is 23.3. The third-order valence-electron chi connectivity index (χ3n) is 2.88. The van der Waals surface area contributed by atoms with Crippen molar-refractivity contribution < 1.29 is 19.1 Å². The van der Waals surface area contributed by atoms with E-state index in [1.54, 1.807) is 0 Å². The zero-order valence-corrected chi connectivity index (χ0v) is 11.7. The molecule has 1 aromatic carbocycles. The Labute approximate surface area is 121 Å². The van der Waals surface area contributed by atoms with Gasteiger partial charge in [-0.25, -0.2) is 9.59 Å². The molecule has 1 heterocycles. The molecule has 2 aromatic rings. The molecule has 0 bridgehead atoms. The first-order chi connectivity index (χ1) is 10.2. The van der Waals surface area contributed by atoms with E-state index in [4.69, 9.17) is 0 Å². The van der Waals surface area contributed by atoms with Crippen LogP contribution in [-0.2, 0) is 15.9 Å². The van der Waals surface area contributed by atoms with Crippen molar-refractivity contribution in [2.75, 3.05) is 14.2 Å². The molecular formula is C15H14N2O4. The Morgan fingerprint density at radius 3 is 2.29 bits per heavy atom. The number of hydrogen-bond donors (Lipinski definition) is 0. The van der Waals surface area contributed by atoms with Crippen LogP contribution in [0.1, 0.15) is 32.1 Å². The van der Waals surface area contributed by atoms with E-state index in [9.17, 15) is 9.59 Å². The van der Waals surface area contributed by atoms with E-state index in [1.807, 2.05) is 30.3 Å². The molecule has 2 rings (SSSR count). The van der Waals surface area contributed by atoms with Gasteiger partial charge in [-0.2, -0.15) is 0 Å². The van der Waals surface area contributed by atoms with Crippen LogP contribution in [0.3, 0.4) is 0 Å². The third-order valence-corrected chi connectivity index (χ3v) is 2.88. The number of methoxy groups -OCH3 is 2. The van der Waals surface area contributed by atoms with Gasteiger partial charge < -0.3 is 9.47 Å². The van der Waals surface area contributed by atoms with E-state index in [0.717, 1.165) is 5.56 Å². The minimum atomic E-state index is -0.603. The smallest absolute Gasteiger partial charge is 0.358 e. The summed E-state index contributed by atoms with van der Waals surface area (Å²) < 4.78 is 9.29. The molecule has 0 radical (unpaired) electrons. The van der Waals surface area contributed by atoms with Gasteiger partial charge in [0.15, 0.2) is 11.4 Å². The summed E-state index contributed by atoms with van der Waals surface area (Å²) in [6.07, 6.45) is 0.435.